The van der Waals surface area contributed by atoms with E-state index in [0.29, 0.717) is 19.0 Å². The second-order valence-corrected chi connectivity index (χ2v) is 10.4. The average molecular weight is 539 g/mol. The Bertz CT molecular complexity index is 1350. The van der Waals surface area contributed by atoms with Gasteiger partial charge < -0.3 is 14.6 Å². The van der Waals surface area contributed by atoms with Gasteiger partial charge in [-0.25, -0.2) is 13.2 Å². The van der Waals surface area contributed by atoms with Crippen molar-refractivity contribution in [2.24, 2.45) is 5.92 Å². The Morgan fingerprint density at radius 1 is 1.05 bits per heavy atom. The second-order valence-electron chi connectivity index (χ2n) is 10.4. The molecule has 0 saturated carbocycles. The minimum absolute atomic E-state index is 0.0827. The van der Waals surface area contributed by atoms with E-state index in [9.17, 15) is 18.0 Å². The highest BCUT2D eigenvalue weighted by atomic mass is 19.2. The molecule has 9 heteroatoms. The molecule has 1 atom stereocenters. The highest BCUT2D eigenvalue weighted by Gasteiger charge is 2.37. The van der Waals surface area contributed by atoms with Crippen molar-refractivity contribution in [3.63, 3.8) is 0 Å². The summed E-state index contributed by atoms with van der Waals surface area (Å²) in [5.41, 5.74) is 2.59. The molecule has 0 bridgehead atoms. The predicted octanol–water partition coefficient (Wildman–Crippen LogP) is 5.71. The fourth-order valence-electron chi connectivity index (χ4n) is 6.10. The van der Waals surface area contributed by atoms with E-state index < -0.39 is 17.5 Å². The number of aromatic nitrogens is 1. The summed E-state index contributed by atoms with van der Waals surface area (Å²) >= 11 is 0. The molecule has 2 N–H and O–H groups in total. The molecular weight excluding hydrogens is 505 g/mol. The lowest BCUT2D eigenvalue weighted by molar-refractivity contribution is -0.127. The number of methoxy groups -OCH3 is 1. The monoisotopic (exact) mass is 538 g/mol. The third kappa shape index (κ3) is 5.73. The van der Waals surface area contributed by atoms with E-state index >= 15 is 0 Å². The molecular formula is C30H33F3N4O2. The molecule has 0 radical (unpaired) electrons. The summed E-state index contributed by atoms with van der Waals surface area (Å²) in [5.74, 6) is -3.49. The number of nitrogens with zero attached hydrogens (tertiary/aromatic N) is 2. The molecule has 0 spiro atoms. The van der Waals surface area contributed by atoms with Crippen molar-refractivity contribution in [3.8, 4) is 0 Å². The first kappa shape index (κ1) is 27.0. The Labute approximate surface area is 225 Å². The molecule has 2 fully saturated rings. The second kappa shape index (κ2) is 11.7. The summed E-state index contributed by atoms with van der Waals surface area (Å²) in [5, 5.41) is 9.84. The van der Waals surface area contributed by atoms with Crippen LogP contribution in [-0.4, -0.2) is 65.9 Å². The van der Waals surface area contributed by atoms with Gasteiger partial charge in [-0.2, -0.15) is 0 Å². The molecule has 2 aromatic carbocycles. The quantitative estimate of drug-likeness (QED) is 0.183. The highest BCUT2D eigenvalue weighted by molar-refractivity contribution is 5.92. The number of likely N-dealkylation sites (tertiary alicyclic amines) is 2. The number of rotatable bonds is 6. The minimum Gasteiger partial charge on any atom is -0.483 e. The van der Waals surface area contributed by atoms with Gasteiger partial charge in [0.25, 0.3) is 0 Å². The van der Waals surface area contributed by atoms with Crippen LogP contribution in [0.2, 0.25) is 0 Å². The van der Waals surface area contributed by atoms with E-state index in [1.165, 1.54) is 23.1 Å². The number of amides is 1. The fraction of sp³-hybridized carbons (Fsp3) is 0.400. The van der Waals surface area contributed by atoms with E-state index in [-0.39, 0.29) is 29.3 Å². The van der Waals surface area contributed by atoms with Crippen molar-refractivity contribution in [1.82, 2.24) is 14.8 Å². The van der Waals surface area contributed by atoms with Crippen LogP contribution in [0.5, 0.6) is 0 Å². The molecule has 2 aliphatic rings. The van der Waals surface area contributed by atoms with Crippen molar-refractivity contribution in [3.05, 3.63) is 77.2 Å². The molecule has 2 aliphatic heterocycles. The fourth-order valence-corrected chi connectivity index (χ4v) is 6.10. The molecule has 3 heterocycles. The van der Waals surface area contributed by atoms with Crippen molar-refractivity contribution in [2.75, 3.05) is 33.3 Å². The molecule has 5 rings (SSSR count). The number of aromatic amines is 1. The number of carbonyl (C=O) groups is 1. The van der Waals surface area contributed by atoms with Gasteiger partial charge in [0.1, 0.15) is 0 Å². The number of H-pyrrole nitrogens is 1. The number of carbonyl (C=O) groups excluding carboxylic acids is 1. The average Bonchev–Trinajstić information content (AvgIpc) is 3.39. The van der Waals surface area contributed by atoms with Gasteiger partial charge in [-0.3, -0.25) is 15.1 Å². The number of halogens is 3. The van der Waals surface area contributed by atoms with Crippen LogP contribution in [0.4, 0.5) is 13.2 Å². The van der Waals surface area contributed by atoms with Crippen LogP contribution < -0.4 is 0 Å². The normalized spacial score (nSPS) is 18.6. The van der Waals surface area contributed by atoms with Crippen LogP contribution in [-0.2, 0) is 9.53 Å². The van der Waals surface area contributed by atoms with Crippen LogP contribution in [0.1, 0.15) is 42.7 Å². The van der Waals surface area contributed by atoms with Gasteiger partial charge in [0.05, 0.1) is 13.2 Å². The lowest BCUT2D eigenvalue weighted by Gasteiger charge is -2.43. The van der Waals surface area contributed by atoms with E-state index in [0.717, 1.165) is 56.4 Å². The SMILES string of the molecule is COC(=N)C(C1CCN(C(=O)C=Cc2cc(F)c(F)c(F)c2)CC1)N1CCC(c2c[nH]c3ccccc23)CC1. The lowest BCUT2D eigenvalue weighted by Crippen LogP contribution is -2.52. The van der Waals surface area contributed by atoms with E-state index in [2.05, 4.69) is 34.3 Å². The topological polar surface area (TPSA) is 72.4 Å². The van der Waals surface area contributed by atoms with E-state index in [4.69, 9.17) is 10.1 Å². The smallest absolute Gasteiger partial charge is 0.246 e. The lowest BCUT2D eigenvalue weighted by atomic mass is 9.84. The Morgan fingerprint density at radius 2 is 1.72 bits per heavy atom. The largest absolute Gasteiger partial charge is 0.483 e. The van der Waals surface area contributed by atoms with Gasteiger partial charge in [0.15, 0.2) is 23.3 Å². The van der Waals surface area contributed by atoms with Crippen molar-refractivity contribution in [1.29, 1.82) is 5.41 Å². The Kier molecular flexibility index (Phi) is 8.07. The third-order valence-electron chi connectivity index (χ3n) is 8.19. The Balaban J connectivity index is 1.19. The molecule has 0 aliphatic carbocycles. The first-order chi connectivity index (χ1) is 18.9. The van der Waals surface area contributed by atoms with Crippen molar-refractivity contribution < 1.29 is 22.7 Å². The van der Waals surface area contributed by atoms with Crippen LogP contribution in [0, 0.1) is 28.8 Å². The number of para-hydroxylation sites is 1. The molecule has 1 aromatic heterocycles. The summed E-state index contributed by atoms with van der Waals surface area (Å²) in [7, 11) is 1.54. The highest BCUT2D eigenvalue weighted by Crippen LogP contribution is 2.35. The molecule has 2 saturated heterocycles. The molecule has 1 amide bonds. The minimum atomic E-state index is -1.53. The van der Waals surface area contributed by atoms with Crippen LogP contribution in [0.3, 0.4) is 0 Å². The summed E-state index contributed by atoms with van der Waals surface area (Å²) in [6.07, 6.45) is 8.13. The van der Waals surface area contributed by atoms with Gasteiger partial charge in [-0.15, -0.1) is 0 Å². The number of hydrogen-bond acceptors (Lipinski definition) is 4. The van der Waals surface area contributed by atoms with Crippen LogP contribution in [0.25, 0.3) is 17.0 Å². The van der Waals surface area contributed by atoms with Gasteiger partial charge >= 0.3 is 0 Å². The Hall–Kier alpha value is -3.59. The molecule has 1 unspecified atom stereocenters. The zero-order valence-corrected chi connectivity index (χ0v) is 21.9. The zero-order valence-electron chi connectivity index (χ0n) is 21.9. The number of piperidine rings is 2. The summed E-state index contributed by atoms with van der Waals surface area (Å²) in [4.78, 5) is 20.2. The van der Waals surface area contributed by atoms with Gasteiger partial charge in [0, 0.05) is 36.3 Å². The standard InChI is InChI=1S/C30H33F3N4O2/c1-39-30(34)29(37-14-8-20(9-15-37)23-18-35-26-5-3-2-4-22(23)26)21-10-12-36(13-11-21)27(38)7-6-19-16-24(31)28(33)25(32)17-19/h2-7,16-18,20-21,29,34-35H,8-15H2,1H3. The van der Waals surface area contributed by atoms with Gasteiger partial charge in [-0.1, -0.05) is 18.2 Å². The maximum atomic E-state index is 13.5. The molecule has 206 valence electrons. The van der Waals surface area contributed by atoms with Crippen molar-refractivity contribution >= 4 is 28.8 Å². The summed E-state index contributed by atoms with van der Waals surface area (Å²) < 4.78 is 45.5. The molecule has 39 heavy (non-hydrogen) atoms. The maximum Gasteiger partial charge on any atom is 0.246 e. The predicted molar refractivity (Wildman–Crippen MR) is 145 cm³/mol. The number of hydrogen-bond donors (Lipinski definition) is 2. The van der Waals surface area contributed by atoms with Crippen molar-refractivity contribution in [2.45, 2.75) is 37.6 Å². The number of nitrogens with one attached hydrogen (secondary N) is 2. The summed E-state index contributed by atoms with van der Waals surface area (Å²) in [6, 6.07) is 9.94. The number of fused-ring (bicyclic) bond motifs is 1. The van der Waals surface area contributed by atoms with Crippen LogP contribution >= 0.6 is 0 Å². The van der Waals surface area contributed by atoms with E-state index in [1.807, 2.05) is 6.07 Å². The maximum absolute atomic E-state index is 13.5. The third-order valence-corrected chi connectivity index (χ3v) is 8.19. The van der Waals surface area contributed by atoms with Gasteiger partial charge in [-0.05, 0) is 86.0 Å². The summed E-state index contributed by atoms with van der Waals surface area (Å²) in [6.45, 7) is 2.76. The number of ether oxygens (including phenoxy) is 1. The Morgan fingerprint density at radius 3 is 2.38 bits per heavy atom. The molecule has 6 nitrogen and oxygen atoms in total. The molecule has 3 aromatic rings. The van der Waals surface area contributed by atoms with E-state index in [1.54, 1.807) is 12.0 Å². The zero-order chi connectivity index (χ0) is 27.5. The van der Waals surface area contributed by atoms with Gasteiger partial charge in [0.2, 0.25) is 5.91 Å². The number of benzene rings is 2. The van der Waals surface area contributed by atoms with Crippen LogP contribution in [0.15, 0.2) is 48.7 Å². The first-order valence-electron chi connectivity index (χ1n) is 13.4. The first-order valence-corrected chi connectivity index (χ1v) is 13.4.